The van der Waals surface area contributed by atoms with Crippen LogP contribution in [0.5, 0.6) is 0 Å². The second-order valence-corrected chi connectivity index (χ2v) is 13.3. The Bertz CT molecular complexity index is 1450. The lowest BCUT2D eigenvalue weighted by molar-refractivity contribution is -0.173. The average molecular weight is 567 g/mol. The molecule has 2 saturated carbocycles. The lowest BCUT2D eigenvalue weighted by atomic mass is 9.54. The molecule has 1 heterocycles. The maximum Gasteiger partial charge on any atom is 0.311 e. The number of unbranched alkanes of at least 4 members (excludes halogenated alkanes) is 1. The van der Waals surface area contributed by atoms with Crippen LogP contribution in [0.2, 0.25) is 0 Å². The number of fused-ring (bicyclic) bond motifs is 2. The van der Waals surface area contributed by atoms with Gasteiger partial charge in [0.25, 0.3) is 10.1 Å². The summed E-state index contributed by atoms with van der Waals surface area (Å²) in [6.07, 6.45) is 0.933. The molecule has 8 rings (SSSR count). The summed E-state index contributed by atoms with van der Waals surface area (Å²) in [5.41, 5.74) is 3.95. The second kappa shape index (κ2) is 9.41. The summed E-state index contributed by atoms with van der Waals surface area (Å²) >= 11 is 0. The number of benzene rings is 2. The van der Waals surface area contributed by atoms with Gasteiger partial charge < -0.3 is 14.2 Å². The summed E-state index contributed by atoms with van der Waals surface area (Å²) < 4.78 is 48.5. The summed E-state index contributed by atoms with van der Waals surface area (Å²) in [5.74, 6) is -4.04. The number of rotatable bonds is 8. The van der Waals surface area contributed by atoms with Gasteiger partial charge in [-0.1, -0.05) is 48.5 Å². The largest absolute Gasteiger partial charge is 0.465 e. The van der Waals surface area contributed by atoms with Crippen molar-refractivity contribution in [2.45, 2.75) is 49.7 Å². The highest BCUT2D eigenvalue weighted by Gasteiger charge is 2.64. The van der Waals surface area contributed by atoms with Gasteiger partial charge in [0, 0.05) is 23.7 Å². The van der Waals surface area contributed by atoms with Crippen LogP contribution < -0.4 is 0 Å². The Hall–Kier alpha value is -3.24. The molecule has 0 aromatic heterocycles. The molecule has 210 valence electrons. The maximum absolute atomic E-state index is 14.1. The van der Waals surface area contributed by atoms with E-state index in [1.165, 1.54) is 0 Å². The van der Waals surface area contributed by atoms with Gasteiger partial charge in [-0.15, -0.1) is 0 Å². The van der Waals surface area contributed by atoms with Crippen LogP contribution in [0.15, 0.2) is 48.5 Å². The third kappa shape index (κ3) is 3.98. The second-order valence-electron chi connectivity index (χ2n) is 11.7. The van der Waals surface area contributed by atoms with E-state index in [0.29, 0.717) is 6.42 Å². The van der Waals surface area contributed by atoms with Crippen LogP contribution in [0.4, 0.5) is 0 Å². The highest BCUT2D eigenvalue weighted by molar-refractivity contribution is 7.85. The van der Waals surface area contributed by atoms with E-state index in [0.717, 1.165) is 28.7 Å². The Labute approximate surface area is 231 Å². The molecule has 40 heavy (non-hydrogen) atoms. The van der Waals surface area contributed by atoms with Gasteiger partial charge in [0.1, 0.15) is 12.2 Å². The van der Waals surface area contributed by atoms with Crippen LogP contribution in [0.25, 0.3) is 0 Å². The number of ether oxygens (including phenoxy) is 3. The summed E-state index contributed by atoms with van der Waals surface area (Å²) in [5, 5.41) is 0. The smallest absolute Gasteiger partial charge is 0.311 e. The molecule has 1 aliphatic heterocycles. The van der Waals surface area contributed by atoms with Crippen LogP contribution in [0.3, 0.4) is 0 Å². The first-order chi connectivity index (χ1) is 19.2. The summed E-state index contributed by atoms with van der Waals surface area (Å²) in [6.45, 7) is -0.0287. The fourth-order valence-corrected chi connectivity index (χ4v) is 8.75. The van der Waals surface area contributed by atoms with Gasteiger partial charge in [0.05, 0.1) is 30.1 Å². The molecule has 6 aliphatic rings. The van der Waals surface area contributed by atoms with Gasteiger partial charge >= 0.3 is 17.9 Å². The van der Waals surface area contributed by atoms with Gasteiger partial charge in [0.2, 0.25) is 0 Å². The fraction of sp³-hybridized carbons (Fsp3) is 0.500. The normalized spacial score (nSPS) is 34.2. The summed E-state index contributed by atoms with van der Waals surface area (Å²) in [4.78, 5) is 40.2. The fourth-order valence-electron chi connectivity index (χ4n) is 8.18. The molecule has 2 aromatic rings. The van der Waals surface area contributed by atoms with Crippen LogP contribution in [0.1, 0.15) is 59.8 Å². The first-order valence-corrected chi connectivity index (χ1v) is 15.5. The predicted octanol–water partition coefficient (Wildman–Crippen LogP) is 3.21. The van der Waals surface area contributed by atoms with E-state index >= 15 is 0 Å². The van der Waals surface area contributed by atoms with Crippen LogP contribution in [-0.4, -0.2) is 55.4 Å². The van der Waals surface area contributed by atoms with Gasteiger partial charge in [-0.3, -0.25) is 18.9 Å². The van der Waals surface area contributed by atoms with E-state index in [1.807, 2.05) is 48.5 Å². The van der Waals surface area contributed by atoms with Crippen molar-refractivity contribution in [3.63, 3.8) is 0 Å². The topological polar surface area (TPSA) is 133 Å². The molecule has 10 heteroatoms. The molecule has 7 atom stereocenters. The third-order valence-electron chi connectivity index (χ3n) is 9.69. The Morgan fingerprint density at radius 3 is 2.02 bits per heavy atom. The maximum atomic E-state index is 14.1. The standard InChI is InChI=1S/C30H30O9S/c31-28-21-14-15-13-20(21)27(39-28)26(15)38-30(33)25-23-18-9-3-1-7-16(18)22(17-8-2-4-10-19(17)23)24(25)29(32)37-11-5-6-12-40(34,35)36/h1-4,7-10,15,20-27H,5-6,11-14H2,(H,34,35,36). The summed E-state index contributed by atoms with van der Waals surface area (Å²) in [7, 11) is -4.09. The number of carbonyl (C=O) groups excluding carboxylic acids is 3. The minimum absolute atomic E-state index is 0.0287. The Morgan fingerprint density at radius 1 is 0.875 bits per heavy atom. The molecule has 5 aliphatic carbocycles. The van der Waals surface area contributed by atoms with Gasteiger partial charge in [0.15, 0.2) is 0 Å². The minimum Gasteiger partial charge on any atom is -0.465 e. The zero-order chi connectivity index (χ0) is 27.8. The van der Waals surface area contributed by atoms with Gasteiger partial charge in [-0.2, -0.15) is 8.42 Å². The Kier molecular flexibility index (Phi) is 6.05. The van der Waals surface area contributed by atoms with Crippen LogP contribution in [-0.2, 0) is 38.7 Å². The molecular weight excluding hydrogens is 536 g/mol. The molecule has 1 saturated heterocycles. The predicted molar refractivity (Wildman–Crippen MR) is 140 cm³/mol. The molecule has 4 bridgehead atoms. The Morgan fingerprint density at radius 2 is 1.45 bits per heavy atom. The molecule has 7 unspecified atom stereocenters. The molecule has 0 amide bonds. The molecule has 9 nitrogen and oxygen atoms in total. The quantitative estimate of drug-likeness (QED) is 0.221. The van der Waals surface area contributed by atoms with Crippen molar-refractivity contribution in [3.05, 3.63) is 70.8 Å². The van der Waals surface area contributed by atoms with Gasteiger partial charge in [-0.05, 0) is 47.9 Å². The van der Waals surface area contributed by atoms with Crippen molar-refractivity contribution < 1.29 is 41.6 Å². The molecule has 0 radical (unpaired) electrons. The number of hydrogen-bond acceptors (Lipinski definition) is 8. The third-order valence-corrected chi connectivity index (χ3v) is 10.5. The van der Waals surface area contributed by atoms with Crippen molar-refractivity contribution in [2.24, 2.45) is 29.6 Å². The zero-order valence-electron chi connectivity index (χ0n) is 21.7. The van der Waals surface area contributed by atoms with Crippen molar-refractivity contribution >= 4 is 28.0 Å². The monoisotopic (exact) mass is 566 g/mol. The van der Waals surface area contributed by atoms with Crippen molar-refractivity contribution in [3.8, 4) is 0 Å². The zero-order valence-corrected chi connectivity index (χ0v) is 22.5. The van der Waals surface area contributed by atoms with Crippen LogP contribution in [0, 0.1) is 29.6 Å². The first kappa shape index (κ1) is 25.7. The van der Waals surface area contributed by atoms with Crippen molar-refractivity contribution in [1.82, 2.24) is 0 Å². The highest BCUT2D eigenvalue weighted by Crippen LogP contribution is 2.60. The lowest BCUT2D eigenvalue weighted by Gasteiger charge is -2.48. The first-order valence-electron chi connectivity index (χ1n) is 13.9. The average Bonchev–Trinajstić information content (AvgIpc) is 3.57. The van der Waals surface area contributed by atoms with Gasteiger partial charge in [-0.25, -0.2) is 0 Å². The van der Waals surface area contributed by atoms with E-state index in [1.54, 1.807) is 0 Å². The summed E-state index contributed by atoms with van der Waals surface area (Å²) in [6, 6.07) is 15.7. The van der Waals surface area contributed by atoms with Crippen molar-refractivity contribution in [2.75, 3.05) is 12.4 Å². The Balaban J connectivity index is 1.20. The van der Waals surface area contributed by atoms with Crippen molar-refractivity contribution in [1.29, 1.82) is 0 Å². The number of esters is 3. The van der Waals surface area contributed by atoms with E-state index < -0.39 is 63.7 Å². The molecule has 1 N–H and O–H groups in total. The van der Waals surface area contributed by atoms with E-state index in [2.05, 4.69) is 0 Å². The highest BCUT2D eigenvalue weighted by atomic mass is 32.2. The van der Waals surface area contributed by atoms with Crippen LogP contribution >= 0.6 is 0 Å². The van der Waals surface area contributed by atoms with E-state index in [4.69, 9.17) is 18.8 Å². The molecular formula is C30H30O9S. The molecule has 0 spiro atoms. The minimum atomic E-state index is -4.09. The molecule has 3 fully saturated rings. The SMILES string of the molecule is O=C1OC2C3CC(CC13)C2OC(=O)C1C2c3ccccc3C(c3ccccc32)C1C(=O)OCCCCS(=O)(=O)O. The van der Waals surface area contributed by atoms with E-state index in [9.17, 15) is 22.8 Å². The number of carbonyl (C=O) groups is 3. The molecule has 2 aromatic carbocycles. The van der Waals surface area contributed by atoms with E-state index in [-0.39, 0.29) is 43.2 Å². The number of hydrogen-bond donors (Lipinski definition) is 1. The lowest BCUT2D eigenvalue weighted by Crippen LogP contribution is -2.49.